The van der Waals surface area contributed by atoms with E-state index in [2.05, 4.69) is 15.5 Å². The lowest BCUT2D eigenvalue weighted by Crippen LogP contribution is -2.70. The number of hydrogen-bond acceptors (Lipinski definition) is 10. The van der Waals surface area contributed by atoms with Crippen molar-refractivity contribution in [2.24, 2.45) is 5.73 Å². The number of nitrogens with one attached hydrogen (secondary N) is 1. The van der Waals surface area contributed by atoms with Gasteiger partial charge in [0.2, 0.25) is 5.91 Å². The van der Waals surface area contributed by atoms with Gasteiger partial charge in [-0.3, -0.25) is 14.5 Å². The van der Waals surface area contributed by atoms with Crippen LogP contribution >= 0.6 is 46.6 Å². The first-order valence-corrected chi connectivity index (χ1v) is 12.0. The fourth-order valence-corrected chi connectivity index (χ4v) is 6.27. The van der Waals surface area contributed by atoms with Gasteiger partial charge in [0.05, 0.1) is 5.75 Å². The van der Waals surface area contributed by atoms with Gasteiger partial charge in [-0.2, -0.15) is 11.8 Å². The van der Waals surface area contributed by atoms with Crippen LogP contribution in [0.25, 0.3) is 0 Å². The van der Waals surface area contributed by atoms with Crippen LogP contribution in [0.15, 0.2) is 15.6 Å². The number of amides is 2. The molecule has 2 amide bonds. The van der Waals surface area contributed by atoms with Gasteiger partial charge in [0.25, 0.3) is 5.91 Å². The van der Waals surface area contributed by atoms with Crippen molar-refractivity contribution in [1.29, 1.82) is 0 Å². The molecule has 0 saturated carbocycles. The van der Waals surface area contributed by atoms with Gasteiger partial charge in [-0.05, 0) is 11.8 Å². The van der Waals surface area contributed by atoms with Gasteiger partial charge < -0.3 is 16.2 Å². The number of nitrogens with two attached hydrogens (primary N) is 1. The molecule has 9 nitrogen and oxygen atoms in total. The van der Waals surface area contributed by atoms with Crippen LogP contribution in [0.3, 0.4) is 0 Å². The highest BCUT2D eigenvalue weighted by Crippen LogP contribution is 2.41. The van der Waals surface area contributed by atoms with Crippen molar-refractivity contribution in [3.8, 4) is 0 Å². The van der Waals surface area contributed by atoms with Crippen molar-refractivity contribution in [3.63, 3.8) is 0 Å². The average Bonchev–Trinajstić information content (AvgIpc) is 3.11. The summed E-state index contributed by atoms with van der Waals surface area (Å²) in [6, 6.07) is -0.673. The first-order valence-electron chi connectivity index (χ1n) is 7.79. The number of carbonyl (C=O) groups excluding carboxylic acids is 2. The molecule has 27 heavy (non-hydrogen) atoms. The van der Waals surface area contributed by atoms with E-state index in [9.17, 15) is 19.5 Å². The highest BCUT2D eigenvalue weighted by molar-refractivity contribution is 8.01. The molecular formula is C14H17N5O4S4. The zero-order valence-corrected chi connectivity index (χ0v) is 17.5. The largest absolute Gasteiger partial charge is 0.477 e. The summed E-state index contributed by atoms with van der Waals surface area (Å²) in [4.78, 5) is 37.3. The molecule has 0 radical (unpaired) electrons. The number of aromatic nitrogens is 2. The summed E-state index contributed by atoms with van der Waals surface area (Å²) in [7, 11) is 0. The maximum absolute atomic E-state index is 12.5. The number of aliphatic carboxylic acids is 1. The number of carbonyl (C=O) groups is 3. The van der Waals surface area contributed by atoms with E-state index in [1.165, 1.54) is 51.5 Å². The maximum Gasteiger partial charge on any atom is 0.352 e. The second kappa shape index (κ2) is 8.82. The van der Waals surface area contributed by atoms with Crippen molar-refractivity contribution >= 4 is 64.4 Å². The summed E-state index contributed by atoms with van der Waals surface area (Å²) in [5.41, 5.74) is 6.18. The maximum atomic E-state index is 12.5. The number of β-lactam (4-membered cyclic amide) rings is 1. The minimum atomic E-state index is -1.14. The van der Waals surface area contributed by atoms with Crippen LogP contribution in [-0.4, -0.2) is 72.9 Å². The van der Waals surface area contributed by atoms with E-state index >= 15 is 0 Å². The third-order valence-corrected chi connectivity index (χ3v) is 7.89. The molecule has 1 fully saturated rings. The van der Waals surface area contributed by atoms with Gasteiger partial charge in [0, 0.05) is 18.1 Å². The lowest BCUT2D eigenvalue weighted by molar-refractivity contribution is -0.150. The molecule has 1 aromatic rings. The first kappa shape index (κ1) is 20.5. The molecule has 1 saturated heterocycles. The van der Waals surface area contributed by atoms with Crippen LogP contribution in [0.1, 0.15) is 5.01 Å². The summed E-state index contributed by atoms with van der Waals surface area (Å²) >= 11 is 5.56. The number of rotatable bonds is 8. The molecule has 0 aromatic carbocycles. The fraction of sp³-hybridized carbons (Fsp3) is 0.500. The summed E-state index contributed by atoms with van der Waals surface area (Å²) < 4.78 is 0.706. The number of carboxylic acid groups (broad SMARTS) is 1. The third-order valence-electron chi connectivity index (χ3n) is 3.83. The molecule has 0 bridgehead atoms. The minimum absolute atomic E-state index is 0.00943. The van der Waals surface area contributed by atoms with E-state index in [-0.39, 0.29) is 28.6 Å². The van der Waals surface area contributed by atoms with E-state index < -0.39 is 12.0 Å². The third kappa shape index (κ3) is 4.26. The molecule has 0 spiro atoms. The van der Waals surface area contributed by atoms with Gasteiger partial charge in [-0.1, -0.05) is 23.1 Å². The molecule has 4 N–H and O–H groups in total. The minimum Gasteiger partial charge on any atom is -0.477 e. The van der Waals surface area contributed by atoms with Gasteiger partial charge >= 0.3 is 5.97 Å². The summed E-state index contributed by atoms with van der Waals surface area (Å²) in [5, 5.41) is 20.6. The Kier molecular flexibility index (Phi) is 6.68. The quantitative estimate of drug-likeness (QED) is 0.374. The van der Waals surface area contributed by atoms with Crippen molar-refractivity contribution in [1.82, 2.24) is 20.4 Å². The van der Waals surface area contributed by atoms with Gasteiger partial charge in [-0.25, -0.2) is 4.79 Å². The lowest BCUT2D eigenvalue weighted by atomic mass is 10.0. The van der Waals surface area contributed by atoms with Crippen LogP contribution in [0.2, 0.25) is 0 Å². The van der Waals surface area contributed by atoms with Crippen LogP contribution in [-0.2, 0) is 20.9 Å². The molecule has 1 unspecified atom stereocenters. The van der Waals surface area contributed by atoms with E-state index in [1.807, 2.05) is 0 Å². The molecular weight excluding hydrogens is 430 g/mol. The number of thioether (sulfide) groups is 3. The summed E-state index contributed by atoms with van der Waals surface area (Å²) in [6.45, 7) is 0.310. The van der Waals surface area contributed by atoms with Crippen molar-refractivity contribution in [3.05, 3.63) is 16.3 Å². The topological polar surface area (TPSA) is 139 Å². The second-order valence-corrected chi connectivity index (χ2v) is 9.86. The monoisotopic (exact) mass is 447 g/mol. The Morgan fingerprint density at radius 2 is 2.22 bits per heavy atom. The normalized spacial score (nSPS) is 21.7. The van der Waals surface area contributed by atoms with Crippen LogP contribution in [0, 0.1) is 0 Å². The first-order chi connectivity index (χ1) is 13.0. The molecule has 3 heterocycles. The van der Waals surface area contributed by atoms with Crippen molar-refractivity contribution in [2.75, 3.05) is 23.5 Å². The van der Waals surface area contributed by atoms with E-state index in [1.54, 1.807) is 6.26 Å². The SMILES string of the molecule is CSCC(=O)NC1C(=O)N2C(C(=O)O)=C(CSc3nnc(CN)s3)CS[C@H]12. The Labute approximate surface area is 171 Å². The van der Waals surface area contributed by atoms with Gasteiger partial charge in [0.15, 0.2) is 4.34 Å². The molecule has 0 aliphatic carbocycles. The zero-order chi connectivity index (χ0) is 19.6. The van der Waals surface area contributed by atoms with E-state index in [0.29, 0.717) is 33.0 Å². The van der Waals surface area contributed by atoms with Crippen molar-refractivity contribution in [2.45, 2.75) is 22.3 Å². The molecule has 1 aromatic heterocycles. The number of carboxylic acids is 1. The number of nitrogens with zero attached hydrogens (tertiary/aromatic N) is 3. The molecule has 13 heteroatoms. The van der Waals surface area contributed by atoms with Gasteiger partial charge in [0.1, 0.15) is 22.1 Å². The Hall–Kier alpha value is -1.28. The molecule has 3 rings (SSSR count). The van der Waals surface area contributed by atoms with Crippen LogP contribution in [0.4, 0.5) is 0 Å². The Morgan fingerprint density at radius 1 is 1.44 bits per heavy atom. The Balaban J connectivity index is 1.71. The standard InChI is InChI=1S/C14H17N5O4S4/c1-24-5-7(20)16-9-11(21)19-10(13(22)23)6(3-25-12(9)19)4-26-14-18-17-8(2-15)27-14/h9,12H,2-5,15H2,1H3,(H,16,20)(H,22,23)/t9?,12-/m1/s1. The summed E-state index contributed by atoms with van der Waals surface area (Å²) in [5.74, 6) is -0.623. The average molecular weight is 448 g/mol. The molecule has 2 aliphatic rings. The molecule has 2 aliphatic heterocycles. The van der Waals surface area contributed by atoms with Crippen molar-refractivity contribution < 1.29 is 19.5 Å². The predicted molar refractivity (Wildman–Crippen MR) is 107 cm³/mol. The smallest absolute Gasteiger partial charge is 0.352 e. The summed E-state index contributed by atoms with van der Waals surface area (Å²) in [6.07, 6.45) is 1.80. The highest BCUT2D eigenvalue weighted by Gasteiger charge is 2.54. The van der Waals surface area contributed by atoms with E-state index in [4.69, 9.17) is 5.73 Å². The van der Waals surface area contributed by atoms with Crippen LogP contribution < -0.4 is 11.1 Å². The van der Waals surface area contributed by atoms with E-state index in [0.717, 1.165) is 0 Å². The molecule has 146 valence electrons. The Bertz CT molecular complexity index is 798. The Morgan fingerprint density at radius 3 is 2.85 bits per heavy atom. The number of hydrogen-bond donors (Lipinski definition) is 3. The lowest BCUT2D eigenvalue weighted by Gasteiger charge is -2.49. The highest BCUT2D eigenvalue weighted by atomic mass is 32.2. The second-order valence-electron chi connectivity index (χ2n) is 5.60. The van der Waals surface area contributed by atoms with Gasteiger partial charge in [-0.15, -0.1) is 22.0 Å². The van der Waals surface area contributed by atoms with Crippen LogP contribution in [0.5, 0.6) is 0 Å². The fourth-order valence-electron chi connectivity index (χ4n) is 2.67. The zero-order valence-electron chi connectivity index (χ0n) is 14.2. The number of fused-ring (bicyclic) bond motifs is 1. The molecule has 2 atom stereocenters. The predicted octanol–water partition coefficient (Wildman–Crippen LogP) is 0.191.